The molecule has 0 fully saturated rings. The molecular weight excluding hydrogens is 204 g/mol. The Hall–Kier alpha value is 0.137. The fourth-order valence-electron chi connectivity index (χ4n) is 1.80. The van der Waals surface area contributed by atoms with Crippen LogP contribution in [0.1, 0.15) is 47.0 Å². The van der Waals surface area contributed by atoms with E-state index in [4.69, 9.17) is 8.85 Å². The van der Waals surface area contributed by atoms with Crippen LogP contribution in [-0.4, -0.2) is 21.8 Å². The Bertz CT molecular complexity index is 143. The predicted molar refractivity (Wildman–Crippen MR) is 68.4 cm³/mol. The van der Waals surface area contributed by atoms with Crippen LogP contribution < -0.4 is 0 Å². The molecule has 0 heterocycles. The Labute approximate surface area is 96.6 Å². The van der Waals surface area contributed by atoms with Gasteiger partial charge < -0.3 is 8.85 Å². The van der Waals surface area contributed by atoms with E-state index in [1.807, 2.05) is 0 Å². The van der Waals surface area contributed by atoms with Gasteiger partial charge in [0.05, 0.1) is 0 Å². The average Bonchev–Trinajstić information content (AvgIpc) is 2.13. The lowest BCUT2D eigenvalue weighted by molar-refractivity contribution is 0.188. The summed E-state index contributed by atoms with van der Waals surface area (Å²) < 4.78 is 11.6. The zero-order chi connectivity index (χ0) is 11.7. The summed E-state index contributed by atoms with van der Waals surface area (Å²) in [5.74, 6) is 0.817. The summed E-state index contributed by atoms with van der Waals surface area (Å²) in [4.78, 5) is 0. The highest BCUT2D eigenvalue weighted by Crippen LogP contribution is 2.19. The van der Waals surface area contributed by atoms with Crippen molar-refractivity contribution in [2.45, 2.75) is 59.5 Å². The Morgan fingerprint density at radius 2 is 1.53 bits per heavy atom. The van der Waals surface area contributed by atoms with Crippen molar-refractivity contribution in [1.82, 2.24) is 0 Å². The van der Waals surface area contributed by atoms with E-state index in [1.54, 1.807) is 0 Å². The van der Waals surface area contributed by atoms with Gasteiger partial charge in [0.1, 0.15) is 0 Å². The molecule has 0 unspecified atom stereocenters. The van der Waals surface area contributed by atoms with Crippen molar-refractivity contribution in [3.8, 4) is 0 Å². The first kappa shape index (κ1) is 15.1. The fraction of sp³-hybridized carbons (Fsp3) is 1.00. The minimum absolute atomic E-state index is 0.785. The molecule has 2 nitrogen and oxygen atoms in total. The molecule has 0 spiro atoms. The number of rotatable bonds is 9. The Morgan fingerprint density at radius 1 is 1.00 bits per heavy atom. The van der Waals surface area contributed by atoms with E-state index in [2.05, 4.69) is 34.2 Å². The van der Waals surface area contributed by atoms with Crippen LogP contribution in [0.3, 0.4) is 0 Å². The second-order valence-corrected chi connectivity index (χ2v) is 7.98. The van der Waals surface area contributed by atoms with Crippen LogP contribution >= 0.6 is 0 Å². The second kappa shape index (κ2) is 8.31. The predicted octanol–water partition coefficient (Wildman–Crippen LogP) is 3.96. The zero-order valence-electron chi connectivity index (χ0n) is 11.1. The quantitative estimate of drug-likeness (QED) is 0.442. The molecule has 0 rings (SSSR count). The molecule has 0 saturated heterocycles. The van der Waals surface area contributed by atoms with Gasteiger partial charge in [0.2, 0.25) is 0 Å². The lowest BCUT2D eigenvalue weighted by atomic mass is 10.1. The highest BCUT2D eigenvalue weighted by Gasteiger charge is 2.29. The summed E-state index contributed by atoms with van der Waals surface area (Å²) in [7, 11) is -1.82. The molecule has 0 saturated carbocycles. The molecule has 0 aromatic rings. The van der Waals surface area contributed by atoms with E-state index < -0.39 is 8.56 Å². The first-order valence-electron chi connectivity index (χ1n) is 6.32. The van der Waals surface area contributed by atoms with E-state index in [0.717, 1.165) is 25.2 Å². The minimum atomic E-state index is -1.82. The molecule has 0 aromatic carbocycles. The van der Waals surface area contributed by atoms with Crippen molar-refractivity contribution >= 4 is 8.56 Å². The van der Waals surface area contributed by atoms with Gasteiger partial charge in [-0.2, -0.15) is 0 Å². The van der Waals surface area contributed by atoms with Crippen molar-refractivity contribution in [3.63, 3.8) is 0 Å². The van der Waals surface area contributed by atoms with Crippen molar-refractivity contribution in [2.75, 3.05) is 13.2 Å². The van der Waals surface area contributed by atoms with Crippen LogP contribution in [-0.2, 0) is 8.85 Å². The van der Waals surface area contributed by atoms with Gasteiger partial charge in [-0.1, -0.05) is 33.1 Å². The third-order valence-electron chi connectivity index (χ3n) is 2.56. The zero-order valence-corrected chi connectivity index (χ0v) is 12.1. The molecule has 0 radical (unpaired) electrons. The van der Waals surface area contributed by atoms with Crippen LogP contribution in [0.4, 0.5) is 0 Å². The Morgan fingerprint density at radius 3 is 1.93 bits per heavy atom. The van der Waals surface area contributed by atoms with Gasteiger partial charge in [0, 0.05) is 13.2 Å². The van der Waals surface area contributed by atoms with Crippen LogP contribution in [0.5, 0.6) is 0 Å². The first-order chi connectivity index (χ1) is 7.04. The molecule has 92 valence electrons. The van der Waals surface area contributed by atoms with Gasteiger partial charge in [0.15, 0.2) is 0 Å². The SMILES string of the molecule is CCO[Si](C)(CCCCC(C)C)OCC. The van der Waals surface area contributed by atoms with Gasteiger partial charge in [-0.15, -0.1) is 0 Å². The molecular formula is C12H28O2Si. The lowest BCUT2D eigenvalue weighted by Gasteiger charge is -2.25. The standard InChI is InChI=1S/C12H28O2Si/c1-6-13-15(5,14-7-2)11-9-8-10-12(3)4/h12H,6-11H2,1-5H3. The van der Waals surface area contributed by atoms with Crippen molar-refractivity contribution < 1.29 is 8.85 Å². The molecule has 0 amide bonds. The molecule has 0 aliphatic rings. The minimum Gasteiger partial charge on any atom is -0.395 e. The maximum atomic E-state index is 5.79. The van der Waals surface area contributed by atoms with Gasteiger partial charge in [0.25, 0.3) is 0 Å². The molecule has 0 aliphatic carbocycles. The molecule has 3 heteroatoms. The van der Waals surface area contributed by atoms with Crippen molar-refractivity contribution in [2.24, 2.45) is 5.92 Å². The summed E-state index contributed by atoms with van der Waals surface area (Å²) in [6.07, 6.45) is 3.88. The summed E-state index contributed by atoms with van der Waals surface area (Å²) >= 11 is 0. The highest BCUT2D eigenvalue weighted by atomic mass is 28.4. The molecule has 0 aliphatic heterocycles. The largest absolute Gasteiger partial charge is 0.395 e. The first-order valence-corrected chi connectivity index (χ1v) is 8.84. The van der Waals surface area contributed by atoms with Crippen LogP contribution in [0, 0.1) is 5.92 Å². The van der Waals surface area contributed by atoms with E-state index >= 15 is 0 Å². The highest BCUT2D eigenvalue weighted by molar-refractivity contribution is 6.66. The number of hydrogen-bond donors (Lipinski definition) is 0. The Balaban J connectivity index is 3.75. The van der Waals surface area contributed by atoms with Crippen LogP contribution in [0.2, 0.25) is 12.6 Å². The van der Waals surface area contributed by atoms with E-state index in [1.165, 1.54) is 19.3 Å². The van der Waals surface area contributed by atoms with Crippen LogP contribution in [0.15, 0.2) is 0 Å². The number of hydrogen-bond acceptors (Lipinski definition) is 2. The third-order valence-corrected chi connectivity index (χ3v) is 5.62. The number of unbranched alkanes of at least 4 members (excludes halogenated alkanes) is 1. The van der Waals surface area contributed by atoms with Crippen molar-refractivity contribution in [1.29, 1.82) is 0 Å². The third kappa shape index (κ3) is 8.00. The van der Waals surface area contributed by atoms with Gasteiger partial charge in [-0.05, 0) is 32.4 Å². The van der Waals surface area contributed by atoms with Crippen LogP contribution in [0.25, 0.3) is 0 Å². The summed E-state index contributed by atoms with van der Waals surface area (Å²) in [5, 5.41) is 0. The lowest BCUT2D eigenvalue weighted by Crippen LogP contribution is -2.38. The molecule has 0 bridgehead atoms. The fourth-order valence-corrected chi connectivity index (χ4v) is 4.28. The van der Waals surface area contributed by atoms with E-state index in [-0.39, 0.29) is 0 Å². The summed E-state index contributed by atoms with van der Waals surface area (Å²) in [5.41, 5.74) is 0. The average molecular weight is 232 g/mol. The maximum Gasteiger partial charge on any atom is 0.334 e. The van der Waals surface area contributed by atoms with Gasteiger partial charge >= 0.3 is 8.56 Å². The van der Waals surface area contributed by atoms with Gasteiger partial charge in [-0.3, -0.25) is 0 Å². The molecule has 0 aromatic heterocycles. The molecule has 0 atom stereocenters. The van der Waals surface area contributed by atoms with Crippen molar-refractivity contribution in [3.05, 3.63) is 0 Å². The second-order valence-electron chi connectivity index (χ2n) is 4.64. The smallest absolute Gasteiger partial charge is 0.334 e. The normalized spacial score (nSPS) is 12.4. The maximum absolute atomic E-state index is 5.79. The molecule has 15 heavy (non-hydrogen) atoms. The summed E-state index contributed by atoms with van der Waals surface area (Å²) in [6.45, 7) is 12.4. The topological polar surface area (TPSA) is 18.5 Å². The van der Waals surface area contributed by atoms with Gasteiger partial charge in [-0.25, -0.2) is 0 Å². The monoisotopic (exact) mass is 232 g/mol. The summed E-state index contributed by atoms with van der Waals surface area (Å²) in [6, 6.07) is 1.14. The Kier molecular flexibility index (Phi) is 8.38. The molecule has 0 N–H and O–H groups in total. The van der Waals surface area contributed by atoms with E-state index in [0.29, 0.717) is 0 Å². The van der Waals surface area contributed by atoms with E-state index in [9.17, 15) is 0 Å².